The second-order valence-electron chi connectivity index (χ2n) is 5.11. The van der Waals surface area contributed by atoms with Crippen molar-refractivity contribution in [1.29, 1.82) is 0 Å². The number of thiophene rings is 1. The minimum atomic E-state index is -3.54. The molecule has 3 heterocycles. The highest BCUT2D eigenvalue weighted by atomic mass is 32.2. The van der Waals surface area contributed by atoms with Crippen molar-refractivity contribution in [3.63, 3.8) is 0 Å². The van der Waals surface area contributed by atoms with Crippen LogP contribution in [0.1, 0.15) is 23.2 Å². The van der Waals surface area contributed by atoms with Gasteiger partial charge in [0.25, 0.3) is 10.0 Å². The summed E-state index contributed by atoms with van der Waals surface area (Å²) in [5, 5.41) is 0. The molecule has 3 aromatic rings. The van der Waals surface area contributed by atoms with Gasteiger partial charge in [0.2, 0.25) is 0 Å². The van der Waals surface area contributed by atoms with Crippen LogP contribution in [0.5, 0.6) is 0 Å². The number of aryl methyl sites for hydroxylation is 3. The van der Waals surface area contributed by atoms with E-state index >= 15 is 0 Å². The fraction of sp³-hybridized carbons (Fsp3) is 0.267. The maximum absolute atomic E-state index is 12.4. The number of nitrogens with zero attached hydrogens (tertiary/aromatic N) is 2. The minimum absolute atomic E-state index is 0.336. The molecule has 7 heteroatoms. The second-order valence-corrected chi connectivity index (χ2v) is 8.19. The normalized spacial score (nSPS) is 12.0. The average molecular weight is 335 g/mol. The molecule has 0 unspecified atom stereocenters. The molecule has 0 bridgehead atoms. The van der Waals surface area contributed by atoms with Gasteiger partial charge in [-0.3, -0.25) is 4.72 Å². The van der Waals surface area contributed by atoms with Crippen molar-refractivity contribution in [3.05, 3.63) is 46.7 Å². The van der Waals surface area contributed by atoms with E-state index in [4.69, 9.17) is 0 Å². The van der Waals surface area contributed by atoms with Crippen LogP contribution in [-0.4, -0.2) is 17.8 Å². The third kappa shape index (κ3) is 2.62. The van der Waals surface area contributed by atoms with E-state index in [-0.39, 0.29) is 0 Å². The first-order valence-corrected chi connectivity index (χ1v) is 9.27. The largest absolute Gasteiger partial charge is 0.302 e. The monoisotopic (exact) mass is 335 g/mol. The van der Waals surface area contributed by atoms with Gasteiger partial charge in [-0.05, 0) is 44.5 Å². The van der Waals surface area contributed by atoms with Gasteiger partial charge in [0.05, 0.1) is 11.4 Å². The second kappa shape index (κ2) is 5.40. The Morgan fingerprint density at radius 1 is 1.23 bits per heavy atom. The first-order valence-electron chi connectivity index (χ1n) is 6.97. The molecule has 0 aliphatic carbocycles. The molecule has 5 nitrogen and oxygen atoms in total. The van der Waals surface area contributed by atoms with Gasteiger partial charge < -0.3 is 4.40 Å². The van der Waals surface area contributed by atoms with E-state index in [2.05, 4.69) is 9.71 Å². The lowest BCUT2D eigenvalue weighted by Crippen LogP contribution is -2.12. The predicted octanol–water partition coefficient (Wildman–Crippen LogP) is 3.38. The summed E-state index contributed by atoms with van der Waals surface area (Å²) in [6.45, 7) is 5.90. The first-order chi connectivity index (χ1) is 10.4. The molecule has 0 saturated heterocycles. The Morgan fingerprint density at radius 3 is 2.68 bits per heavy atom. The summed E-state index contributed by atoms with van der Waals surface area (Å²) in [6, 6.07) is 7.04. The molecule has 3 rings (SSSR count). The van der Waals surface area contributed by atoms with Gasteiger partial charge in [-0.1, -0.05) is 6.92 Å². The van der Waals surface area contributed by atoms with Crippen LogP contribution in [0, 0.1) is 13.8 Å². The molecule has 0 saturated carbocycles. The van der Waals surface area contributed by atoms with Crippen LogP contribution in [0.3, 0.4) is 0 Å². The zero-order chi connectivity index (χ0) is 15.9. The number of fused-ring (bicyclic) bond motifs is 1. The molecule has 0 amide bonds. The van der Waals surface area contributed by atoms with Gasteiger partial charge in [0, 0.05) is 16.8 Å². The van der Waals surface area contributed by atoms with E-state index in [1.54, 1.807) is 18.3 Å². The van der Waals surface area contributed by atoms with Crippen LogP contribution < -0.4 is 4.72 Å². The summed E-state index contributed by atoms with van der Waals surface area (Å²) in [6.07, 6.45) is 2.59. The highest BCUT2D eigenvalue weighted by Gasteiger charge is 2.17. The van der Waals surface area contributed by atoms with Crippen molar-refractivity contribution in [2.75, 3.05) is 4.72 Å². The molecule has 1 N–H and O–H groups in total. The summed E-state index contributed by atoms with van der Waals surface area (Å²) in [7, 11) is -3.54. The zero-order valence-corrected chi connectivity index (χ0v) is 14.3. The van der Waals surface area contributed by atoms with Crippen molar-refractivity contribution in [3.8, 4) is 0 Å². The standard InChI is InChI=1S/C15H17N3O2S2/c1-4-13-6-8-15(21-13)22(19,20)17-12-5-7-14-16-10(2)11(3)18(14)9-12/h5-9,17H,4H2,1-3H3. The zero-order valence-electron chi connectivity index (χ0n) is 12.6. The molecule has 0 fully saturated rings. The molecule has 0 atom stereocenters. The topological polar surface area (TPSA) is 63.5 Å². The van der Waals surface area contributed by atoms with Crippen LogP contribution in [-0.2, 0) is 16.4 Å². The number of imidazole rings is 1. The van der Waals surface area contributed by atoms with Gasteiger partial charge in [0.15, 0.2) is 0 Å². The number of nitrogens with one attached hydrogen (secondary N) is 1. The molecular weight excluding hydrogens is 318 g/mol. The molecule has 0 aliphatic rings. The molecule has 3 aromatic heterocycles. The Balaban J connectivity index is 1.96. The minimum Gasteiger partial charge on any atom is -0.302 e. The lowest BCUT2D eigenvalue weighted by atomic mass is 10.4. The molecule has 0 spiro atoms. The van der Waals surface area contributed by atoms with Crippen molar-refractivity contribution in [2.24, 2.45) is 0 Å². The maximum Gasteiger partial charge on any atom is 0.271 e. The smallest absolute Gasteiger partial charge is 0.271 e. The number of pyridine rings is 1. The average Bonchev–Trinajstić information content (AvgIpc) is 3.06. The van der Waals surface area contributed by atoms with Crippen molar-refractivity contribution in [2.45, 2.75) is 31.4 Å². The highest BCUT2D eigenvalue weighted by molar-refractivity contribution is 7.94. The van der Waals surface area contributed by atoms with Crippen molar-refractivity contribution in [1.82, 2.24) is 9.38 Å². The van der Waals surface area contributed by atoms with Crippen molar-refractivity contribution >= 4 is 32.7 Å². The van der Waals surface area contributed by atoms with Gasteiger partial charge in [0.1, 0.15) is 9.86 Å². The van der Waals surface area contributed by atoms with Gasteiger partial charge in [-0.25, -0.2) is 13.4 Å². The van der Waals surface area contributed by atoms with Crippen LogP contribution in [0.4, 0.5) is 5.69 Å². The van der Waals surface area contributed by atoms with Crippen molar-refractivity contribution < 1.29 is 8.42 Å². The van der Waals surface area contributed by atoms with Gasteiger partial charge in [-0.15, -0.1) is 11.3 Å². The molecule has 0 aliphatic heterocycles. The summed E-state index contributed by atoms with van der Waals surface area (Å²) in [4.78, 5) is 5.46. The quantitative estimate of drug-likeness (QED) is 0.795. The van der Waals surface area contributed by atoms with E-state index in [1.807, 2.05) is 37.3 Å². The van der Waals surface area contributed by atoms with E-state index in [0.717, 1.165) is 28.3 Å². The summed E-state index contributed by atoms with van der Waals surface area (Å²) in [5.41, 5.74) is 3.27. The van der Waals surface area contributed by atoms with Gasteiger partial charge in [-0.2, -0.15) is 0 Å². The third-order valence-electron chi connectivity index (χ3n) is 3.60. The summed E-state index contributed by atoms with van der Waals surface area (Å²) < 4.78 is 29.7. The Hall–Kier alpha value is -1.86. The summed E-state index contributed by atoms with van der Waals surface area (Å²) >= 11 is 1.30. The fourth-order valence-electron chi connectivity index (χ4n) is 2.24. The molecule has 0 radical (unpaired) electrons. The Bertz CT molecular complexity index is 939. The Kier molecular flexibility index (Phi) is 3.70. The first kappa shape index (κ1) is 15.1. The van der Waals surface area contributed by atoms with Crippen LogP contribution in [0.15, 0.2) is 34.7 Å². The lowest BCUT2D eigenvalue weighted by molar-refractivity contribution is 0.603. The van der Waals surface area contributed by atoms with E-state index in [0.29, 0.717) is 9.90 Å². The molecule has 0 aromatic carbocycles. The number of aromatic nitrogens is 2. The van der Waals surface area contributed by atoms with Crippen LogP contribution in [0.25, 0.3) is 5.65 Å². The van der Waals surface area contributed by atoms with Gasteiger partial charge >= 0.3 is 0 Å². The molecular formula is C15H17N3O2S2. The van der Waals surface area contributed by atoms with E-state index in [9.17, 15) is 8.42 Å². The predicted molar refractivity (Wildman–Crippen MR) is 89.2 cm³/mol. The lowest BCUT2D eigenvalue weighted by Gasteiger charge is -2.07. The van der Waals surface area contributed by atoms with Crippen LogP contribution in [0.2, 0.25) is 0 Å². The number of anilines is 1. The number of rotatable bonds is 4. The number of hydrogen-bond donors (Lipinski definition) is 1. The van der Waals surface area contributed by atoms with E-state index < -0.39 is 10.0 Å². The summed E-state index contributed by atoms with van der Waals surface area (Å²) in [5.74, 6) is 0. The highest BCUT2D eigenvalue weighted by Crippen LogP contribution is 2.25. The number of hydrogen-bond acceptors (Lipinski definition) is 4. The Morgan fingerprint density at radius 2 is 2.00 bits per heavy atom. The Labute approximate surface area is 133 Å². The molecule has 116 valence electrons. The SMILES string of the molecule is CCc1ccc(S(=O)(=O)Nc2ccc3nc(C)c(C)n3c2)s1. The maximum atomic E-state index is 12.4. The van der Waals surface area contributed by atoms with Crippen LogP contribution >= 0.6 is 11.3 Å². The number of sulfonamides is 1. The van der Waals surface area contributed by atoms with E-state index in [1.165, 1.54) is 11.3 Å². The molecule has 22 heavy (non-hydrogen) atoms. The fourth-order valence-corrected chi connectivity index (χ4v) is 4.58. The third-order valence-corrected chi connectivity index (χ3v) is 6.70.